The summed E-state index contributed by atoms with van der Waals surface area (Å²) in [6.07, 6.45) is 6.79. The van der Waals surface area contributed by atoms with Gasteiger partial charge in [-0.15, -0.1) is 0 Å². The molecule has 1 saturated heterocycles. The largest absolute Gasteiger partial charge is 0.445 e. The molecule has 1 heterocycles. The molecule has 1 saturated carbocycles. The average Bonchev–Trinajstić information content (AvgIpc) is 3.04. The third-order valence-electron chi connectivity index (χ3n) is 8.31. The molecule has 2 N–H and O–H groups in total. The number of hydroxylamine groups is 1. The van der Waals surface area contributed by atoms with E-state index in [9.17, 15) is 19.2 Å². The molecule has 0 spiro atoms. The number of likely N-dealkylation sites (tertiary alicyclic amines) is 1. The van der Waals surface area contributed by atoms with Crippen molar-refractivity contribution in [2.24, 2.45) is 5.92 Å². The third kappa shape index (κ3) is 10.7. The molecule has 2 unspecified atom stereocenters. The SMILES string of the molecule is O=CC(CCC(=O)N1CCCC(c2ccccc2)C1)ONC(=O)[C@H](CC1CCCCC1)NC(=O)OCc1cccc(Cl)c1. The monoisotopic (exact) mass is 611 g/mol. The van der Waals surface area contributed by atoms with Gasteiger partial charge in [0.05, 0.1) is 0 Å². The number of hydrogen-bond donors (Lipinski definition) is 2. The lowest BCUT2D eigenvalue weighted by molar-refractivity contribution is -0.145. The molecule has 232 valence electrons. The standard InChI is InChI=1S/C33H42ClN3O6/c34-28-15-7-11-25(19-28)23-42-33(41)35-30(20-24-9-3-1-4-10-24)32(40)36-43-29(22-38)16-17-31(39)37-18-8-14-27(21-37)26-12-5-2-6-13-26/h2,5-7,11-13,15,19,22,24,27,29-30H,1,3-4,8-10,14,16-18,20-21,23H2,(H,35,41)(H,36,40)/t27?,29?,30-/m0/s1. The van der Waals surface area contributed by atoms with E-state index in [4.69, 9.17) is 21.2 Å². The fourth-order valence-corrected chi connectivity index (χ4v) is 6.14. The summed E-state index contributed by atoms with van der Waals surface area (Å²) in [5.74, 6) is -0.0320. The number of carbonyl (C=O) groups is 4. The van der Waals surface area contributed by atoms with E-state index < -0.39 is 24.1 Å². The maximum absolute atomic E-state index is 13.1. The van der Waals surface area contributed by atoms with E-state index in [1.165, 1.54) is 5.56 Å². The maximum atomic E-state index is 13.1. The summed E-state index contributed by atoms with van der Waals surface area (Å²) in [6, 6.07) is 16.3. The highest BCUT2D eigenvalue weighted by Crippen LogP contribution is 2.28. The number of hydrogen-bond acceptors (Lipinski definition) is 6. The number of alkyl carbamates (subject to hydrolysis) is 1. The molecule has 0 radical (unpaired) electrons. The molecule has 1 aliphatic heterocycles. The normalized spacial score (nSPS) is 18.7. The van der Waals surface area contributed by atoms with Gasteiger partial charge in [-0.3, -0.25) is 14.4 Å². The molecule has 4 rings (SSSR count). The Morgan fingerprint density at radius 3 is 2.53 bits per heavy atom. The fraction of sp³-hybridized carbons (Fsp3) is 0.515. The van der Waals surface area contributed by atoms with Crippen LogP contribution in [0.3, 0.4) is 0 Å². The zero-order valence-electron chi connectivity index (χ0n) is 24.5. The average molecular weight is 612 g/mol. The van der Waals surface area contributed by atoms with E-state index in [2.05, 4.69) is 22.9 Å². The van der Waals surface area contributed by atoms with Crippen LogP contribution in [0, 0.1) is 5.92 Å². The minimum atomic E-state index is -0.993. The van der Waals surface area contributed by atoms with E-state index in [1.54, 1.807) is 24.3 Å². The smallest absolute Gasteiger partial charge is 0.408 e. The summed E-state index contributed by atoms with van der Waals surface area (Å²) in [7, 11) is 0. The first-order valence-corrected chi connectivity index (χ1v) is 15.7. The van der Waals surface area contributed by atoms with Crippen molar-refractivity contribution in [2.75, 3.05) is 13.1 Å². The van der Waals surface area contributed by atoms with Gasteiger partial charge in [-0.1, -0.05) is 86.2 Å². The first kappa shape index (κ1) is 32.5. The summed E-state index contributed by atoms with van der Waals surface area (Å²) in [5, 5.41) is 3.20. The number of aldehydes is 1. The second-order valence-corrected chi connectivity index (χ2v) is 12.0. The lowest BCUT2D eigenvalue weighted by Crippen LogP contribution is -2.49. The van der Waals surface area contributed by atoms with Gasteiger partial charge in [-0.2, -0.15) is 0 Å². The van der Waals surface area contributed by atoms with Crippen LogP contribution in [-0.2, 0) is 30.6 Å². The van der Waals surface area contributed by atoms with Gasteiger partial charge in [0.25, 0.3) is 5.91 Å². The Hall–Kier alpha value is -3.43. The van der Waals surface area contributed by atoms with Crippen molar-refractivity contribution >= 4 is 35.8 Å². The number of amides is 3. The minimum absolute atomic E-state index is 0.00498. The zero-order chi connectivity index (χ0) is 30.4. The van der Waals surface area contributed by atoms with E-state index in [0.29, 0.717) is 36.7 Å². The maximum Gasteiger partial charge on any atom is 0.408 e. The zero-order valence-corrected chi connectivity index (χ0v) is 25.3. The van der Waals surface area contributed by atoms with Crippen molar-refractivity contribution in [3.63, 3.8) is 0 Å². The van der Waals surface area contributed by atoms with E-state index in [1.807, 2.05) is 23.1 Å². The number of benzene rings is 2. The van der Waals surface area contributed by atoms with Crippen LogP contribution in [-0.4, -0.2) is 54.3 Å². The van der Waals surface area contributed by atoms with Crippen LogP contribution in [0.25, 0.3) is 0 Å². The van der Waals surface area contributed by atoms with Crippen molar-refractivity contribution in [1.29, 1.82) is 0 Å². The Morgan fingerprint density at radius 1 is 1.00 bits per heavy atom. The molecule has 2 aromatic rings. The number of nitrogens with zero attached hydrogens (tertiary/aromatic N) is 1. The Kier molecular flexibility index (Phi) is 12.9. The third-order valence-corrected chi connectivity index (χ3v) is 8.55. The quantitative estimate of drug-likeness (QED) is 0.222. The molecule has 0 bridgehead atoms. The highest BCUT2D eigenvalue weighted by atomic mass is 35.5. The number of rotatable bonds is 13. The summed E-state index contributed by atoms with van der Waals surface area (Å²) < 4.78 is 5.33. The minimum Gasteiger partial charge on any atom is -0.445 e. The van der Waals surface area contributed by atoms with Crippen molar-refractivity contribution in [3.05, 3.63) is 70.7 Å². The van der Waals surface area contributed by atoms with Crippen LogP contribution in [0.4, 0.5) is 4.79 Å². The van der Waals surface area contributed by atoms with Crippen molar-refractivity contribution in [1.82, 2.24) is 15.7 Å². The predicted molar refractivity (Wildman–Crippen MR) is 163 cm³/mol. The Balaban J connectivity index is 1.26. The second kappa shape index (κ2) is 17.0. The van der Waals surface area contributed by atoms with Crippen LogP contribution in [0.1, 0.15) is 81.3 Å². The molecule has 9 nitrogen and oxygen atoms in total. The summed E-state index contributed by atoms with van der Waals surface area (Å²) in [5.41, 5.74) is 4.31. The van der Waals surface area contributed by atoms with Crippen molar-refractivity contribution < 1.29 is 28.8 Å². The summed E-state index contributed by atoms with van der Waals surface area (Å²) in [6.45, 7) is 1.34. The molecule has 1 aliphatic carbocycles. The molecular formula is C33H42ClN3O6. The van der Waals surface area contributed by atoms with Gasteiger partial charge < -0.3 is 19.7 Å². The van der Waals surface area contributed by atoms with E-state index in [0.717, 1.165) is 50.5 Å². The molecule has 3 amide bonds. The Bertz CT molecular complexity index is 1210. The van der Waals surface area contributed by atoms with Gasteiger partial charge in [0, 0.05) is 30.5 Å². The highest BCUT2D eigenvalue weighted by Gasteiger charge is 2.28. The number of carbonyl (C=O) groups excluding carboxylic acids is 4. The molecule has 2 aromatic carbocycles. The van der Waals surface area contributed by atoms with E-state index in [-0.39, 0.29) is 31.3 Å². The molecule has 10 heteroatoms. The predicted octanol–water partition coefficient (Wildman–Crippen LogP) is 5.71. The van der Waals surface area contributed by atoms with Crippen LogP contribution >= 0.6 is 11.6 Å². The lowest BCUT2D eigenvalue weighted by atomic mass is 9.84. The molecule has 43 heavy (non-hydrogen) atoms. The molecule has 3 atom stereocenters. The fourth-order valence-electron chi connectivity index (χ4n) is 5.93. The number of halogens is 1. The molecule has 0 aromatic heterocycles. The number of nitrogens with one attached hydrogen (secondary N) is 2. The topological polar surface area (TPSA) is 114 Å². The number of ether oxygens (including phenoxy) is 1. The van der Waals surface area contributed by atoms with Gasteiger partial charge in [-0.25, -0.2) is 10.3 Å². The van der Waals surface area contributed by atoms with E-state index >= 15 is 0 Å². The van der Waals surface area contributed by atoms with Gasteiger partial charge >= 0.3 is 6.09 Å². The number of piperidine rings is 1. The van der Waals surface area contributed by atoms with Gasteiger partial charge in [0.15, 0.2) is 6.29 Å². The van der Waals surface area contributed by atoms with Crippen LogP contribution in [0.2, 0.25) is 5.02 Å². The van der Waals surface area contributed by atoms with Gasteiger partial charge in [0.1, 0.15) is 18.8 Å². The second-order valence-electron chi connectivity index (χ2n) is 11.5. The molecule has 2 fully saturated rings. The molecular weight excluding hydrogens is 570 g/mol. The lowest BCUT2D eigenvalue weighted by Gasteiger charge is -2.33. The summed E-state index contributed by atoms with van der Waals surface area (Å²) >= 11 is 6.01. The highest BCUT2D eigenvalue weighted by molar-refractivity contribution is 6.30. The van der Waals surface area contributed by atoms with Crippen molar-refractivity contribution in [3.8, 4) is 0 Å². The van der Waals surface area contributed by atoms with Gasteiger partial charge in [-0.05, 0) is 54.9 Å². The Labute approximate surface area is 258 Å². The van der Waals surface area contributed by atoms with Crippen LogP contribution in [0.5, 0.6) is 0 Å². The van der Waals surface area contributed by atoms with Crippen molar-refractivity contribution in [2.45, 2.75) is 88.9 Å². The molecule has 2 aliphatic rings. The van der Waals surface area contributed by atoms with Gasteiger partial charge in [0.2, 0.25) is 5.91 Å². The first-order chi connectivity index (χ1) is 20.9. The van der Waals surface area contributed by atoms with Crippen LogP contribution < -0.4 is 10.8 Å². The summed E-state index contributed by atoms with van der Waals surface area (Å²) in [4.78, 5) is 57.7. The van der Waals surface area contributed by atoms with Crippen LogP contribution in [0.15, 0.2) is 54.6 Å². The Morgan fingerprint density at radius 2 is 1.79 bits per heavy atom. The first-order valence-electron chi connectivity index (χ1n) is 15.3.